The second-order valence-corrected chi connectivity index (χ2v) is 5.04. The number of aliphatic hydroxyl groups is 1. The van der Waals surface area contributed by atoms with E-state index in [1.165, 1.54) is 5.56 Å². The van der Waals surface area contributed by atoms with Gasteiger partial charge in [0.1, 0.15) is 5.60 Å². The molecule has 19 heavy (non-hydrogen) atoms. The number of anilines is 1. The molecule has 0 saturated carbocycles. The highest BCUT2D eigenvalue weighted by Crippen LogP contribution is 2.21. The zero-order chi connectivity index (χ0) is 13.7. The first kappa shape index (κ1) is 13.6. The summed E-state index contributed by atoms with van der Waals surface area (Å²) in [7, 11) is 0. The molecule has 2 aromatic carbocycles. The summed E-state index contributed by atoms with van der Waals surface area (Å²) in [5, 5.41) is 13.8. The number of hydrogen-bond donors (Lipinski definition) is 2. The standard InChI is InChI=1S/C17H21NO/c1-3-14-9-11-16(12-10-14)18-13-17(2,19)15-7-5-4-6-8-15/h4-12,18-19H,3,13H2,1-2H3. The van der Waals surface area contributed by atoms with Crippen molar-refractivity contribution in [2.45, 2.75) is 25.9 Å². The van der Waals surface area contributed by atoms with E-state index in [9.17, 15) is 5.11 Å². The van der Waals surface area contributed by atoms with E-state index in [2.05, 4.69) is 36.5 Å². The lowest BCUT2D eigenvalue weighted by Gasteiger charge is -2.24. The van der Waals surface area contributed by atoms with Gasteiger partial charge in [0.2, 0.25) is 0 Å². The molecule has 0 aliphatic heterocycles. The quantitative estimate of drug-likeness (QED) is 0.856. The van der Waals surface area contributed by atoms with Gasteiger partial charge >= 0.3 is 0 Å². The Morgan fingerprint density at radius 1 is 1.00 bits per heavy atom. The van der Waals surface area contributed by atoms with Crippen molar-refractivity contribution in [3.63, 3.8) is 0 Å². The van der Waals surface area contributed by atoms with Gasteiger partial charge in [-0.05, 0) is 36.6 Å². The predicted octanol–water partition coefficient (Wildman–Crippen LogP) is 3.57. The van der Waals surface area contributed by atoms with Gasteiger partial charge in [0.15, 0.2) is 0 Å². The molecule has 0 bridgehead atoms. The molecule has 0 amide bonds. The van der Waals surface area contributed by atoms with Gasteiger partial charge in [-0.25, -0.2) is 0 Å². The van der Waals surface area contributed by atoms with Crippen LogP contribution >= 0.6 is 0 Å². The minimum atomic E-state index is -0.870. The van der Waals surface area contributed by atoms with Crippen molar-refractivity contribution in [3.8, 4) is 0 Å². The molecule has 2 rings (SSSR count). The fraction of sp³-hybridized carbons (Fsp3) is 0.294. The summed E-state index contributed by atoms with van der Waals surface area (Å²) >= 11 is 0. The molecule has 2 N–H and O–H groups in total. The van der Waals surface area contributed by atoms with Crippen molar-refractivity contribution in [1.82, 2.24) is 0 Å². The zero-order valence-corrected chi connectivity index (χ0v) is 11.6. The van der Waals surface area contributed by atoms with E-state index >= 15 is 0 Å². The third-order valence-corrected chi connectivity index (χ3v) is 3.39. The molecule has 0 heterocycles. The first-order chi connectivity index (χ1) is 9.12. The topological polar surface area (TPSA) is 32.3 Å². The fourth-order valence-electron chi connectivity index (χ4n) is 2.03. The van der Waals surface area contributed by atoms with Crippen LogP contribution in [0, 0.1) is 0 Å². The second kappa shape index (κ2) is 5.89. The van der Waals surface area contributed by atoms with Gasteiger partial charge in [-0.15, -0.1) is 0 Å². The lowest BCUT2D eigenvalue weighted by molar-refractivity contribution is 0.0715. The molecule has 0 radical (unpaired) electrons. The van der Waals surface area contributed by atoms with Gasteiger partial charge in [-0.3, -0.25) is 0 Å². The average Bonchev–Trinajstić information content (AvgIpc) is 2.47. The largest absolute Gasteiger partial charge is 0.384 e. The Morgan fingerprint density at radius 3 is 2.21 bits per heavy atom. The summed E-state index contributed by atoms with van der Waals surface area (Å²) in [5.74, 6) is 0. The molecule has 1 atom stereocenters. The van der Waals surface area contributed by atoms with Crippen LogP contribution in [0.5, 0.6) is 0 Å². The van der Waals surface area contributed by atoms with Gasteiger partial charge in [-0.1, -0.05) is 49.4 Å². The van der Waals surface area contributed by atoms with E-state index in [4.69, 9.17) is 0 Å². The van der Waals surface area contributed by atoms with E-state index in [0.29, 0.717) is 6.54 Å². The van der Waals surface area contributed by atoms with Crippen molar-refractivity contribution in [2.24, 2.45) is 0 Å². The highest BCUT2D eigenvalue weighted by Gasteiger charge is 2.22. The number of benzene rings is 2. The van der Waals surface area contributed by atoms with Crippen molar-refractivity contribution < 1.29 is 5.11 Å². The first-order valence-corrected chi connectivity index (χ1v) is 6.72. The number of hydrogen-bond acceptors (Lipinski definition) is 2. The van der Waals surface area contributed by atoms with Crippen molar-refractivity contribution >= 4 is 5.69 Å². The van der Waals surface area contributed by atoms with Crippen LogP contribution in [0.15, 0.2) is 54.6 Å². The van der Waals surface area contributed by atoms with Crippen LogP contribution in [-0.4, -0.2) is 11.7 Å². The van der Waals surface area contributed by atoms with E-state index in [0.717, 1.165) is 17.7 Å². The lowest BCUT2D eigenvalue weighted by atomic mass is 9.96. The molecule has 1 unspecified atom stereocenters. The molecule has 100 valence electrons. The molecule has 0 saturated heterocycles. The summed E-state index contributed by atoms with van der Waals surface area (Å²) in [5.41, 5.74) is 2.41. The number of aryl methyl sites for hydroxylation is 1. The Bertz CT molecular complexity index is 503. The average molecular weight is 255 g/mol. The molecule has 0 aliphatic rings. The zero-order valence-electron chi connectivity index (χ0n) is 11.6. The van der Waals surface area contributed by atoms with Crippen molar-refractivity contribution in [3.05, 3.63) is 65.7 Å². The summed E-state index contributed by atoms with van der Waals surface area (Å²) in [6.07, 6.45) is 1.04. The maximum Gasteiger partial charge on any atom is 0.104 e. The Hall–Kier alpha value is -1.80. The SMILES string of the molecule is CCc1ccc(NCC(C)(O)c2ccccc2)cc1. The van der Waals surface area contributed by atoms with Gasteiger partial charge in [-0.2, -0.15) is 0 Å². The maximum atomic E-state index is 10.5. The lowest BCUT2D eigenvalue weighted by Crippen LogP contribution is -2.30. The van der Waals surface area contributed by atoms with Gasteiger partial charge in [0.25, 0.3) is 0 Å². The summed E-state index contributed by atoms with van der Waals surface area (Å²) < 4.78 is 0. The van der Waals surface area contributed by atoms with E-state index in [1.54, 1.807) is 0 Å². The third-order valence-electron chi connectivity index (χ3n) is 3.39. The second-order valence-electron chi connectivity index (χ2n) is 5.04. The van der Waals surface area contributed by atoms with E-state index in [1.807, 2.05) is 37.3 Å². The van der Waals surface area contributed by atoms with Crippen LogP contribution in [0.2, 0.25) is 0 Å². The molecule has 2 aromatic rings. The molecule has 2 heteroatoms. The van der Waals surface area contributed by atoms with E-state index < -0.39 is 5.60 Å². The highest BCUT2D eigenvalue weighted by molar-refractivity contribution is 5.45. The summed E-state index contributed by atoms with van der Waals surface area (Å²) in [4.78, 5) is 0. The Labute approximate surface area is 115 Å². The first-order valence-electron chi connectivity index (χ1n) is 6.72. The molecule has 0 spiro atoms. The van der Waals surface area contributed by atoms with Gasteiger partial charge < -0.3 is 10.4 Å². The minimum absolute atomic E-state index is 0.489. The molecular weight excluding hydrogens is 234 g/mol. The van der Waals surface area contributed by atoms with Gasteiger partial charge in [0.05, 0.1) is 0 Å². The molecule has 0 fully saturated rings. The smallest absolute Gasteiger partial charge is 0.104 e. The number of rotatable bonds is 5. The van der Waals surface area contributed by atoms with Crippen molar-refractivity contribution in [1.29, 1.82) is 0 Å². The number of nitrogens with one attached hydrogen (secondary N) is 1. The highest BCUT2D eigenvalue weighted by atomic mass is 16.3. The Morgan fingerprint density at radius 2 is 1.63 bits per heavy atom. The van der Waals surface area contributed by atoms with Crippen molar-refractivity contribution in [2.75, 3.05) is 11.9 Å². The molecular formula is C17H21NO. The normalized spacial score (nSPS) is 13.8. The monoisotopic (exact) mass is 255 g/mol. The predicted molar refractivity (Wildman–Crippen MR) is 80.3 cm³/mol. The van der Waals surface area contributed by atoms with Crippen LogP contribution < -0.4 is 5.32 Å². The minimum Gasteiger partial charge on any atom is -0.384 e. The van der Waals surface area contributed by atoms with E-state index in [-0.39, 0.29) is 0 Å². The van der Waals surface area contributed by atoms with Crippen LogP contribution in [0.1, 0.15) is 25.0 Å². The van der Waals surface area contributed by atoms with Crippen LogP contribution in [0.3, 0.4) is 0 Å². The Kier molecular flexibility index (Phi) is 4.23. The van der Waals surface area contributed by atoms with Crippen LogP contribution in [-0.2, 0) is 12.0 Å². The Balaban J connectivity index is 2.01. The maximum absolute atomic E-state index is 10.5. The molecule has 0 aliphatic carbocycles. The third kappa shape index (κ3) is 3.58. The van der Waals surface area contributed by atoms with Gasteiger partial charge in [0, 0.05) is 12.2 Å². The van der Waals surface area contributed by atoms with Crippen LogP contribution in [0.4, 0.5) is 5.69 Å². The summed E-state index contributed by atoms with van der Waals surface area (Å²) in [6.45, 7) is 4.46. The molecule has 0 aromatic heterocycles. The fourth-order valence-corrected chi connectivity index (χ4v) is 2.03. The van der Waals surface area contributed by atoms with Crippen LogP contribution in [0.25, 0.3) is 0 Å². The summed E-state index contributed by atoms with van der Waals surface area (Å²) in [6, 6.07) is 18.1. The molecule has 2 nitrogen and oxygen atoms in total.